The Balaban J connectivity index is 1.63. The van der Waals surface area contributed by atoms with Gasteiger partial charge in [0.2, 0.25) is 0 Å². The maximum atomic E-state index is 13.5. The Bertz CT molecular complexity index is 1230. The highest BCUT2D eigenvalue weighted by Crippen LogP contribution is 2.44. The third-order valence-corrected chi connectivity index (χ3v) is 5.92. The van der Waals surface area contributed by atoms with Crippen LogP contribution < -0.4 is 4.90 Å². The summed E-state index contributed by atoms with van der Waals surface area (Å²) in [6, 6.07) is 15.2. The number of hydrogen-bond acceptors (Lipinski definition) is 3. The fourth-order valence-corrected chi connectivity index (χ4v) is 4.46. The molecule has 3 heterocycles. The molecule has 2 aromatic carbocycles. The first kappa shape index (κ1) is 19.6. The van der Waals surface area contributed by atoms with Gasteiger partial charge in [-0.2, -0.15) is 5.10 Å². The van der Waals surface area contributed by atoms with Gasteiger partial charge in [0.1, 0.15) is 0 Å². The number of aromatic amines is 1. The van der Waals surface area contributed by atoms with Crippen LogP contribution in [-0.4, -0.2) is 25.7 Å². The SMILES string of the molecule is CC(C)Cc1[nH]nc2c1C(c1ccccc1Cl)N(c1ccc(-n3ccnc3)cc1)C2=O. The number of H-pyrrole nitrogens is 1. The lowest BCUT2D eigenvalue weighted by molar-refractivity contribution is 0.0988. The van der Waals surface area contributed by atoms with Gasteiger partial charge in [-0.3, -0.25) is 14.8 Å². The molecule has 1 unspecified atom stereocenters. The van der Waals surface area contributed by atoms with Gasteiger partial charge in [0.05, 0.1) is 12.4 Å². The molecule has 0 bridgehead atoms. The zero-order valence-corrected chi connectivity index (χ0v) is 18.0. The molecule has 5 rings (SSSR count). The minimum absolute atomic E-state index is 0.124. The number of nitrogens with zero attached hydrogens (tertiary/aromatic N) is 4. The molecule has 0 saturated carbocycles. The monoisotopic (exact) mass is 431 g/mol. The van der Waals surface area contributed by atoms with Crippen molar-refractivity contribution in [3.05, 3.63) is 94.8 Å². The average molecular weight is 432 g/mol. The second-order valence-electron chi connectivity index (χ2n) is 8.15. The molecule has 1 N–H and O–H groups in total. The standard InChI is InChI=1S/C24H22ClN5O/c1-15(2)13-20-21-22(28-27-20)24(31)30(23(21)18-5-3-4-6-19(18)25)17-9-7-16(8-10-17)29-12-11-26-14-29/h3-12,14-15,23H,13H2,1-2H3,(H,27,28). The molecular weight excluding hydrogens is 410 g/mol. The third kappa shape index (κ3) is 3.33. The molecule has 0 aliphatic carbocycles. The fourth-order valence-electron chi connectivity index (χ4n) is 4.22. The zero-order chi connectivity index (χ0) is 21.5. The largest absolute Gasteiger partial charge is 0.306 e. The zero-order valence-electron chi connectivity index (χ0n) is 17.3. The van der Waals surface area contributed by atoms with Gasteiger partial charge < -0.3 is 4.57 Å². The number of halogens is 1. The van der Waals surface area contributed by atoms with E-state index in [9.17, 15) is 4.79 Å². The number of fused-ring (bicyclic) bond motifs is 1. The van der Waals surface area contributed by atoms with Crippen LogP contribution in [0.2, 0.25) is 5.02 Å². The van der Waals surface area contributed by atoms with Crippen molar-refractivity contribution in [2.75, 3.05) is 4.90 Å². The molecule has 1 aliphatic heterocycles. The van der Waals surface area contributed by atoms with Crippen LogP contribution in [0.15, 0.2) is 67.3 Å². The van der Waals surface area contributed by atoms with Gasteiger partial charge in [-0.05, 0) is 48.2 Å². The number of nitrogens with one attached hydrogen (secondary N) is 1. The summed E-state index contributed by atoms with van der Waals surface area (Å²) in [7, 11) is 0. The average Bonchev–Trinajstić information content (AvgIpc) is 3.48. The highest BCUT2D eigenvalue weighted by Gasteiger charge is 2.43. The highest BCUT2D eigenvalue weighted by atomic mass is 35.5. The van der Waals surface area contributed by atoms with E-state index in [0.717, 1.165) is 34.6 Å². The topological polar surface area (TPSA) is 66.8 Å². The number of hydrogen-bond donors (Lipinski definition) is 1. The van der Waals surface area contributed by atoms with Crippen LogP contribution in [0.5, 0.6) is 0 Å². The van der Waals surface area contributed by atoms with Gasteiger partial charge in [-0.25, -0.2) is 4.98 Å². The summed E-state index contributed by atoms with van der Waals surface area (Å²) in [4.78, 5) is 19.4. The summed E-state index contributed by atoms with van der Waals surface area (Å²) in [5.41, 5.74) is 5.04. The molecule has 7 heteroatoms. The maximum Gasteiger partial charge on any atom is 0.280 e. The fraction of sp³-hybridized carbons (Fsp3) is 0.208. The first-order valence-corrected chi connectivity index (χ1v) is 10.7. The normalized spacial score (nSPS) is 15.7. The summed E-state index contributed by atoms with van der Waals surface area (Å²) in [6.45, 7) is 4.31. The Morgan fingerprint density at radius 1 is 1.10 bits per heavy atom. The van der Waals surface area contributed by atoms with Crippen molar-refractivity contribution in [3.8, 4) is 5.69 Å². The number of aromatic nitrogens is 4. The van der Waals surface area contributed by atoms with Gasteiger partial charge >= 0.3 is 0 Å². The van der Waals surface area contributed by atoms with E-state index in [2.05, 4.69) is 29.0 Å². The van der Waals surface area contributed by atoms with Crippen LogP contribution in [0.1, 0.15) is 47.2 Å². The molecule has 0 fully saturated rings. The van der Waals surface area contributed by atoms with Crippen LogP contribution >= 0.6 is 11.6 Å². The lowest BCUT2D eigenvalue weighted by atomic mass is 9.95. The van der Waals surface area contributed by atoms with E-state index >= 15 is 0 Å². The lowest BCUT2D eigenvalue weighted by Gasteiger charge is -2.27. The predicted octanol–water partition coefficient (Wildman–Crippen LogP) is 5.20. The molecule has 6 nitrogen and oxygen atoms in total. The van der Waals surface area contributed by atoms with Crippen molar-refractivity contribution in [1.29, 1.82) is 0 Å². The number of anilines is 1. The van der Waals surface area contributed by atoms with Crippen LogP contribution in [0.25, 0.3) is 5.69 Å². The van der Waals surface area contributed by atoms with Crippen molar-refractivity contribution >= 4 is 23.2 Å². The van der Waals surface area contributed by atoms with Crippen LogP contribution in [0, 0.1) is 5.92 Å². The molecule has 1 amide bonds. The van der Waals surface area contributed by atoms with Crippen LogP contribution in [0.3, 0.4) is 0 Å². The number of amides is 1. The summed E-state index contributed by atoms with van der Waals surface area (Å²) >= 11 is 6.61. The van der Waals surface area contributed by atoms with Gasteiger partial charge in [-0.1, -0.05) is 43.6 Å². The molecule has 156 valence electrons. The smallest absolute Gasteiger partial charge is 0.280 e. The molecular formula is C24H22ClN5O. The number of imidazole rings is 1. The minimum Gasteiger partial charge on any atom is -0.306 e. The summed E-state index contributed by atoms with van der Waals surface area (Å²) in [5.74, 6) is 0.302. The van der Waals surface area contributed by atoms with E-state index in [1.807, 2.05) is 59.3 Å². The Morgan fingerprint density at radius 3 is 2.52 bits per heavy atom. The number of carbonyl (C=O) groups is 1. The lowest BCUT2D eigenvalue weighted by Crippen LogP contribution is -2.29. The molecule has 0 saturated heterocycles. The van der Waals surface area contributed by atoms with Crippen molar-refractivity contribution < 1.29 is 4.79 Å². The molecule has 1 aliphatic rings. The van der Waals surface area contributed by atoms with Crippen molar-refractivity contribution in [2.45, 2.75) is 26.3 Å². The Hall–Kier alpha value is -3.38. The maximum absolute atomic E-state index is 13.5. The van der Waals surface area contributed by atoms with Gasteiger partial charge in [-0.15, -0.1) is 0 Å². The molecule has 2 aromatic heterocycles. The van der Waals surface area contributed by atoms with E-state index in [-0.39, 0.29) is 11.9 Å². The number of benzene rings is 2. The molecule has 0 spiro atoms. The quantitative estimate of drug-likeness (QED) is 0.472. The first-order valence-electron chi connectivity index (χ1n) is 10.3. The summed E-state index contributed by atoms with van der Waals surface area (Å²) in [6.07, 6.45) is 6.18. The molecule has 4 aromatic rings. The van der Waals surface area contributed by atoms with E-state index in [0.29, 0.717) is 16.6 Å². The molecule has 1 atom stereocenters. The third-order valence-electron chi connectivity index (χ3n) is 5.58. The van der Waals surface area contributed by atoms with Crippen molar-refractivity contribution in [3.63, 3.8) is 0 Å². The predicted molar refractivity (Wildman–Crippen MR) is 121 cm³/mol. The van der Waals surface area contributed by atoms with E-state index in [1.165, 1.54) is 0 Å². The Morgan fingerprint density at radius 2 is 1.84 bits per heavy atom. The first-order chi connectivity index (χ1) is 15.0. The van der Waals surface area contributed by atoms with Gasteiger partial charge in [0.25, 0.3) is 5.91 Å². The minimum atomic E-state index is -0.331. The second kappa shape index (κ2) is 7.71. The summed E-state index contributed by atoms with van der Waals surface area (Å²) in [5, 5.41) is 8.13. The van der Waals surface area contributed by atoms with Crippen LogP contribution in [0.4, 0.5) is 5.69 Å². The highest BCUT2D eigenvalue weighted by molar-refractivity contribution is 6.31. The Labute approximate surface area is 185 Å². The second-order valence-corrected chi connectivity index (χ2v) is 8.56. The number of rotatable bonds is 5. The molecule has 31 heavy (non-hydrogen) atoms. The van der Waals surface area contributed by atoms with E-state index < -0.39 is 0 Å². The van der Waals surface area contributed by atoms with Crippen LogP contribution in [-0.2, 0) is 6.42 Å². The summed E-state index contributed by atoms with van der Waals surface area (Å²) < 4.78 is 1.92. The van der Waals surface area contributed by atoms with E-state index in [1.54, 1.807) is 17.4 Å². The van der Waals surface area contributed by atoms with Gasteiger partial charge in [0, 0.05) is 40.0 Å². The number of carbonyl (C=O) groups excluding carboxylic acids is 1. The van der Waals surface area contributed by atoms with Crippen molar-refractivity contribution in [1.82, 2.24) is 19.7 Å². The molecule has 0 radical (unpaired) electrons. The van der Waals surface area contributed by atoms with Crippen molar-refractivity contribution in [2.24, 2.45) is 5.92 Å². The van der Waals surface area contributed by atoms with Gasteiger partial charge in [0.15, 0.2) is 5.69 Å². The van der Waals surface area contributed by atoms with E-state index in [4.69, 9.17) is 11.6 Å². The Kier molecular flexibility index (Phi) is 4.87.